The first-order valence-electron chi connectivity index (χ1n) is 4.74. The highest BCUT2D eigenvalue weighted by Crippen LogP contribution is 2.30. The maximum absolute atomic E-state index is 11.8. The number of carboxylic acids is 1. The molecule has 1 aromatic carbocycles. The van der Waals surface area contributed by atoms with Crippen LogP contribution < -0.4 is 0 Å². The maximum Gasteiger partial charge on any atom is 0.337 e. The molecule has 0 saturated carbocycles. The average Bonchev–Trinajstić information content (AvgIpc) is 2.20. The van der Waals surface area contributed by atoms with Crippen molar-refractivity contribution in [3.8, 4) is 0 Å². The van der Waals surface area contributed by atoms with Crippen LogP contribution in [0.2, 0.25) is 10.0 Å². The SMILES string of the molecule is CCCS(=O)(=O)c1cc(Cl)cc(C(=O)O)c1Cl. The molecule has 0 amide bonds. The lowest BCUT2D eigenvalue weighted by atomic mass is 10.2. The summed E-state index contributed by atoms with van der Waals surface area (Å²) in [6, 6.07) is 2.29. The molecular weight excluding hydrogens is 287 g/mol. The third-order valence-corrected chi connectivity index (χ3v) is 4.72. The van der Waals surface area contributed by atoms with Crippen molar-refractivity contribution in [2.45, 2.75) is 18.2 Å². The Labute approximate surface area is 109 Å². The van der Waals surface area contributed by atoms with Gasteiger partial charge in [0.1, 0.15) is 0 Å². The van der Waals surface area contributed by atoms with Gasteiger partial charge in [0.05, 0.1) is 21.2 Å². The number of rotatable bonds is 4. The highest BCUT2D eigenvalue weighted by molar-refractivity contribution is 7.91. The maximum atomic E-state index is 11.8. The molecule has 0 bridgehead atoms. The fraction of sp³-hybridized carbons (Fsp3) is 0.300. The summed E-state index contributed by atoms with van der Waals surface area (Å²) in [6.45, 7) is 1.70. The molecule has 4 nitrogen and oxygen atoms in total. The quantitative estimate of drug-likeness (QED) is 0.927. The van der Waals surface area contributed by atoms with E-state index in [1.165, 1.54) is 6.07 Å². The first-order valence-corrected chi connectivity index (χ1v) is 7.15. The number of aromatic carboxylic acids is 1. The number of carboxylic acid groups (broad SMARTS) is 1. The van der Waals surface area contributed by atoms with Crippen LogP contribution in [0.1, 0.15) is 23.7 Å². The van der Waals surface area contributed by atoms with Crippen molar-refractivity contribution in [1.82, 2.24) is 0 Å². The molecule has 0 aliphatic rings. The minimum Gasteiger partial charge on any atom is -0.478 e. The van der Waals surface area contributed by atoms with Gasteiger partial charge in [0.15, 0.2) is 9.84 Å². The zero-order valence-electron chi connectivity index (χ0n) is 8.91. The van der Waals surface area contributed by atoms with Gasteiger partial charge < -0.3 is 5.11 Å². The standard InChI is InChI=1S/C10H10Cl2O4S/c1-2-3-17(15,16)8-5-6(11)4-7(9(8)12)10(13)14/h4-5H,2-3H2,1H3,(H,13,14). The molecule has 94 valence electrons. The van der Waals surface area contributed by atoms with Gasteiger partial charge in [-0.15, -0.1) is 0 Å². The lowest BCUT2D eigenvalue weighted by Crippen LogP contribution is -2.09. The number of sulfone groups is 1. The number of hydrogen-bond acceptors (Lipinski definition) is 3. The number of hydrogen-bond donors (Lipinski definition) is 1. The van der Waals surface area contributed by atoms with E-state index in [0.29, 0.717) is 6.42 Å². The molecule has 7 heteroatoms. The predicted octanol–water partition coefficient (Wildman–Crippen LogP) is 2.88. The summed E-state index contributed by atoms with van der Waals surface area (Å²) in [6.07, 6.45) is 0.410. The molecule has 0 saturated heterocycles. The van der Waals surface area contributed by atoms with E-state index in [1.54, 1.807) is 6.92 Å². The van der Waals surface area contributed by atoms with Crippen LogP contribution in [0, 0.1) is 0 Å². The Kier molecular flexibility index (Phi) is 4.41. The average molecular weight is 297 g/mol. The molecular formula is C10H10Cl2O4S. The number of benzene rings is 1. The van der Waals surface area contributed by atoms with Crippen molar-refractivity contribution < 1.29 is 18.3 Å². The molecule has 1 N–H and O–H groups in total. The van der Waals surface area contributed by atoms with Gasteiger partial charge in [-0.25, -0.2) is 13.2 Å². The Morgan fingerprint density at radius 3 is 2.41 bits per heavy atom. The van der Waals surface area contributed by atoms with Gasteiger partial charge in [0, 0.05) is 5.02 Å². The van der Waals surface area contributed by atoms with E-state index in [2.05, 4.69) is 0 Å². The highest BCUT2D eigenvalue weighted by Gasteiger charge is 2.22. The largest absolute Gasteiger partial charge is 0.478 e. The second kappa shape index (κ2) is 5.25. The van der Waals surface area contributed by atoms with Gasteiger partial charge in [-0.05, 0) is 18.6 Å². The Hall–Kier alpha value is -0.780. The lowest BCUT2D eigenvalue weighted by Gasteiger charge is -2.08. The zero-order chi connectivity index (χ0) is 13.2. The number of carbonyl (C=O) groups is 1. The summed E-state index contributed by atoms with van der Waals surface area (Å²) in [5, 5.41) is 8.61. The third-order valence-electron chi connectivity index (χ3n) is 2.04. The molecule has 0 fully saturated rings. The van der Waals surface area contributed by atoms with Crippen molar-refractivity contribution >= 4 is 39.0 Å². The first-order chi connectivity index (χ1) is 7.79. The van der Waals surface area contributed by atoms with Gasteiger partial charge >= 0.3 is 5.97 Å². The van der Waals surface area contributed by atoms with E-state index in [4.69, 9.17) is 28.3 Å². The molecule has 0 aromatic heterocycles. The van der Waals surface area contributed by atoms with E-state index in [9.17, 15) is 13.2 Å². The van der Waals surface area contributed by atoms with Crippen LogP contribution in [0.25, 0.3) is 0 Å². The molecule has 17 heavy (non-hydrogen) atoms. The molecule has 0 heterocycles. The van der Waals surface area contributed by atoms with Crippen molar-refractivity contribution in [2.24, 2.45) is 0 Å². The summed E-state index contributed by atoms with van der Waals surface area (Å²) in [5.74, 6) is -1.42. The van der Waals surface area contributed by atoms with Gasteiger partial charge in [-0.3, -0.25) is 0 Å². The van der Waals surface area contributed by atoms with E-state index in [-0.39, 0.29) is 26.3 Å². The third kappa shape index (κ3) is 3.12. The van der Waals surface area contributed by atoms with Crippen molar-refractivity contribution in [3.63, 3.8) is 0 Å². The Bertz CT molecular complexity index is 552. The van der Waals surface area contributed by atoms with Crippen molar-refractivity contribution in [1.29, 1.82) is 0 Å². The zero-order valence-corrected chi connectivity index (χ0v) is 11.2. The van der Waals surface area contributed by atoms with E-state index >= 15 is 0 Å². The molecule has 0 spiro atoms. The van der Waals surface area contributed by atoms with Crippen LogP contribution in [0.5, 0.6) is 0 Å². The Balaban J connectivity index is 3.50. The summed E-state index contributed by atoms with van der Waals surface area (Å²) < 4.78 is 23.7. The van der Waals surface area contributed by atoms with Gasteiger partial charge in [0.25, 0.3) is 0 Å². The molecule has 1 aromatic rings. The fourth-order valence-electron chi connectivity index (χ4n) is 1.32. The van der Waals surface area contributed by atoms with Crippen LogP contribution in [0.4, 0.5) is 0 Å². The molecule has 0 unspecified atom stereocenters. The van der Waals surface area contributed by atoms with E-state index in [1.807, 2.05) is 0 Å². The second-order valence-corrected chi connectivity index (χ2v) is 6.28. The van der Waals surface area contributed by atoms with Gasteiger partial charge in [-0.1, -0.05) is 30.1 Å². The monoisotopic (exact) mass is 296 g/mol. The molecule has 0 aliphatic heterocycles. The summed E-state index contributed by atoms with van der Waals surface area (Å²) in [5.41, 5.74) is -0.311. The van der Waals surface area contributed by atoms with Crippen LogP contribution in [-0.2, 0) is 9.84 Å². The van der Waals surface area contributed by atoms with Crippen LogP contribution >= 0.6 is 23.2 Å². The minimum atomic E-state index is -3.60. The number of halogens is 2. The van der Waals surface area contributed by atoms with Crippen molar-refractivity contribution in [2.75, 3.05) is 5.75 Å². The summed E-state index contributed by atoms with van der Waals surface area (Å²) in [7, 11) is -3.60. The van der Waals surface area contributed by atoms with Crippen LogP contribution in [-0.4, -0.2) is 25.2 Å². The molecule has 0 radical (unpaired) electrons. The van der Waals surface area contributed by atoms with Crippen molar-refractivity contribution in [3.05, 3.63) is 27.7 Å². The lowest BCUT2D eigenvalue weighted by molar-refractivity contribution is 0.0697. The van der Waals surface area contributed by atoms with Crippen LogP contribution in [0.15, 0.2) is 17.0 Å². The first kappa shape index (κ1) is 14.3. The Morgan fingerprint density at radius 2 is 1.94 bits per heavy atom. The predicted molar refractivity (Wildman–Crippen MR) is 65.8 cm³/mol. The normalized spacial score (nSPS) is 11.5. The van der Waals surface area contributed by atoms with Crippen LogP contribution in [0.3, 0.4) is 0 Å². The van der Waals surface area contributed by atoms with E-state index in [0.717, 1.165) is 6.07 Å². The van der Waals surface area contributed by atoms with Gasteiger partial charge in [0.2, 0.25) is 0 Å². The molecule has 0 atom stereocenters. The molecule has 0 aliphatic carbocycles. The van der Waals surface area contributed by atoms with Gasteiger partial charge in [-0.2, -0.15) is 0 Å². The Morgan fingerprint density at radius 1 is 1.35 bits per heavy atom. The minimum absolute atomic E-state index is 0.0291. The summed E-state index contributed by atoms with van der Waals surface area (Å²) >= 11 is 11.5. The van der Waals surface area contributed by atoms with E-state index < -0.39 is 15.8 Å². The topological polar surface area (TPSA) is 71.4 Å². The second-order valence-electron chi connectivity index (χ2n) is 3.39. The summed E-state index contributed by atoms with van der Waals surface area (Å²) in [4.78, 5) is 10.6. The highest BCUT2D eigenvalue weighted by atomic mass is 35.5. The molecule has 1 rings (SSSR count). The fourth-order valence-corrected chi connectivity index (χ4v) is 3.60. The smallest absolute Gasteiger partial charge is 0.337 e.